The van der Waals surface area contributed by atoms with E-state index >= 15 is 0 Å². The minimum atomic E-state index is -0.539. The van der Waals surface area contributed by atoms with Crippen molar-refractivity contribution in [3.63, 3.8) is 0 Å². The van der Waals surface area contributed by atoms with Gasteiger partial charge in [0.05, 0.1) is 25.7 Å². The Balaban J connectivity index is 2.23. The predicted molar refractivity (Wildman–Crippen MR) is 123 cm³/mol. The number of ketones is 1. The summed E-state index contributed by atoms with van der Waals surface area (Å²) in [5.74, 6) is -0.423. The van der Waals surface area contributed by atoms with E-state index in [0.717, 1.165) is 15.7 Å². The predicted octanol–water partition coefficient (Wildman–Crippen LogP) is 5.01. The number of benzene rings is 1. The number of carbonyl (C=O) groups is 2. The van der Waals surface area contributed by atoms with Gasteiger partial charge in [-0.25, -0.2) is 4.79 Å². The molecule has 1 aromatic carbocycles. The third-order valence-corrected chi connectivity index (χ3v) is 6.44. The maximum Gasteiger partial charge on any atom is 0.336 e. The van der Waals surface area contributed by atoms with Crippen LogP contribution in [0.2, 0.25) is 0 Å². The number of aliphatic imine (C=N–C) groups is 1. The quantitative estimate of drug-likeness (QED) is 0.414. The Morgan fingerprint density at radius 2 is 1.87 bits per heavy atom. The zero-order valence-electron chi connectivity index (χ0n) is 18.6. The molecule has 7 heteroatoms. The molecular formula is C24H28BrNO5. The maximum atomic E-state index is 13.4. The molecule has 1 saturated carbocycles. The highest BCUT2D eigenvalue weighted by atomic mass is 79.9. The Kier molecular flexibility index (Phi) is 6.74. The lowest BCUT2D eigenvalue weighted by atomic mass is 9.63. The number of hydrogen-bond acceptors (Lipinski definition) is 6. The van der Waals surface area contributed by atoms with Gasteiger partial charge in [0.2, 0.25) is 0 Å². The highest BCUT2D eigenvalue weighted by Gasteiger charge is 2.48. The Morgan fingerprint density at radius 1 is 1.23 bits per heavy atom. The summed E-state index contributed by atoms with van der Waals surface area (Å²) in [5.41, 5.74) is 2.35. The maximum absolute atomic E-state index is 13.4. The molecule has 6 nitrogen and oxygen atoms in total. The molecule has 0 aromatic heterocycles. The van der Waals surface area contributed by atoms with Gasteiger partial charge >= 0.3 is 5.97 Å². The summed E-state index contributed by atoms with van der Waals surface area (Å²) in [6.07, 6.45) is 2.63. The van der Waals surface area contributed by atoms with Crippen LogP contribution >= 0.6 is 15.9 Å². The van der Waals surface area contributed by atoms with E-state index in [1.54, 1.807) is 27.2 Å². The van der Waals surface area contributed by atoms with Crippen LogP contribution in [-0.4, -0.2) is 38.3 Å². The lowest BCUT2D eigenvalue weighted by molar-refractivity contribution is -0.138. The molecule has 0 N–H and O–H groups in total. The summed E-state index contributed by atoms with van der Waals surface area (Å²) in [6.45, 7) is 9.62. The van der Waals surface area contributed by atoms with E-state index in [-0.39, 0.29) is 17.8 Å². The number of nitrogens with zero attached hydrogens (tertiary/aromatic N) is 1. The number of ether oxygens (including phenoxy) is 3. The molecule has 2 aliphatic rings. The molecule has 0 radical (unpaired) electrons. The first kappa shape index (κ1) is 23.3. The second kappa shape index (κ2) is 8.99. The minimum absolute atomic E-state index is 0.0724. The van der Waals surface area contributed by atoms with Crippen LogP contribution in [0.3, 0.4) is 0 Å². The standard InChI is InChI=1S/C24H28BrNO5/c1-7-8-31-23(28)20-13(2)26-16-11-24(3,4)12-17(27)22(16)21(20)14-9-18(29-5)19(30-6)10-15(14)25/h7,9-10,21-22H,1,8,11-12H2,2-6H3/t21-,22+/m1/s1. The third kappa shape index (κ3) is 4.47. The van der Waals surface area contributed by atoms with E-state index in [9.17, 15) is 9.59 Å². The van der Waals surface area contributed by atoms with E-state index in [1.807, 2.05) is 6.07 Å². The Labute approximate surface area is 191 Å². The number of fused-ring (bicyclic) bond motifs is 1. The molecule has 0 unspecified atom stereocenters. The van der Waals surface area contributed by atoms with Gasteiger partial charge in [-0.15, -0.1) is 0 Å². The van der Waals surface area contributed by atoms with Crippen LogP contribution in [0.1, 0.15) is 45.1 Å². The Morgan fingerprint density at radius 3 is 2.48 bits per heavy atom. The zero-order valence-corrected chi connectivity index (χ0v) is 20.2. The normalized spacial score (nSPS) is 22.4. The van der Waals surface area contributed by atoms with Crippen LogP contribution in [0.15, 0.2) is 45.5 Å². The summed E-state index contributed by atoms with van der Waals surface area (Å²) < 4.78 is 17.0. The van der Waals surface area contributed by atoms with E-state index in [2.05, 4.69) is 36.4 Å². The Hall–Kier alpha value is -2.41. The molecule has 1 aliphatic heterocycles. The second-order valence-electron chi connectivity index (χ2n) is 8.66. The Bertz CT molecular complexity index is 992. The summed E-state index contributed by atoms with van der Waals surface area (Å²) >= 11 is 3.62. The van der Waals surface area contributed by atoms with Gasteiger partial charge in [-0.2, -0.15) is 0 Å². The smallest absolute Gasteiger partial charge is 0.336 e. The van der Waals surface area contributed by atoms with Crippen LogP contribution in [0, 0.1) is 11.3 Å². The molecular weight excluding hydrogens is 462 g/mol. The highest BCUT2D eigenvalue weighted by molar-refractivity contribution is 9.10. The van der Waals surface area contributed by atoms with Gasteiger partial charge in [-0.1, -0.05) is 42.4 Å². The van der Waals surface area contributed by atoms with Gasteiger partial charge < -0.3 is 14.2 Å². The van der Waals surface area contributed by atoms with Crippen LogP contribution in [0.25, 0.3) is 0 Å². The molecule has 166 valence electrons. The summed E-state index contributed by atoms with van der Waals surface area (Å²) in [6, 6.07) is 3.61. The molecule has 1 fully saturated rings. The van der Waals surface area contributed by atoms with Gasteiger partial charge in [-0.3, -0.25) is 9.79 Å². The summed E-state index contributed by atoms with van der Waals surface area (Å²) in [5, 5.41) is 0. The number of esters is 1. The molecule has 1 aromatic rings. The van der Waals surface area contributed by atoms with Crippen LogP contribution in [-0.2, 0) is 14.3 Å². The highest BCUT2D eigenvalue weighted by Crippen LogP contribution is 2.50. The lowest BCUT2D eigenvalue weighted by Crippen LogP contribution is -2.44. The first-order valence-corrected chi connectivity index (χ1v) is 10.9. The number of hydrogen-bond donors (Lipinski definition) is 0. The first-order chi connectivity index (χ1) is 14.6. The molecule has 0 bridgehead atoms. The van der Waals surface area contributed by atoms with Gasteiger partial charge in [-0.05, 0) is 36.5 Å². The number of carbonyl (C=O) groups excluding carboxylic acids is 2. The van der Waals surface area contributed by atoms with Crippen molar-refractivity contribution < 1.29 is 23.8 Å². The second-order valence-corrected chi connectivity index (χ2v) is 9.51. The molecule has 0 saturated heterocycles. The summed E-state index contributed by atoms with van der Waals surface area (Å²) in [4.78, 5) is 31.2. The fourth-order valence-electron chi connectivity index (χ4n) is 4.52. The van der Waals surface area contributed by atoms with E-state index in [4.69, 9.17) is 19.2 Å². The third-order valence-electron chi connectivity index (χ3n) is 5.75. The number of Topliss-reactive ketones (excluding diaryl/α,β-unsaturated/α-hetero) is 1. The molecule has 0 amide bonds. The van der Waals surface area contributed by atoms with E-state index in [1.165, 1.54) is 6.08 Å². The lowest BCUT2D eigenvalue weighted by Gasteiger charge is -2.41. The first-order valence-electron chi connectivity index (χ1n) is 10.1. The van der Waals surface area contributed by atoms with Gasteiger partial charge in [0.1, 0.15) is 12.4 Å². The fourth-order valence-corrected chi connectivity index (χ4v) is 5.08. The van der Waals surface area contributed by atoms with Crippen molar-refractivity contribution in [1.29, 1.82) is 0 Å². The monoisotopic (exact) mass is 489 g/mol. The largest absolute Gasteiger partial charge is 0.493 e. The van der Waals surface area contributed by atoms with Crippen molar-refractivity contribution >= 4 is 33.4 Å². The van der Waals surface area contributed by atoms with Crippen molar-refractivity contribution in [2.45, 2.75) is 39.5 Å². The number of allylic oxidation sites excluding steroid dienone is 1. The van der Waals surface area contributed by atoms with Crippen molar-refractivity contribution in [3.05, 3.63) is 46.1 Å². The van der Waals surface area contributed by atoms with E-state index < -0.39 is 17.8 Å². The molecule has 31 heavy (non-hydrogen) atoms. The van der Waals surface area contributed by atoms with Crippen LogP contribution in [0.5, 0.6) is 11.5 Å². The zero-order chi connectivity index (χ0) is 22.9. The van der Waals surface area contributed by atoms with Gasteiger partial charge in [0.15, 0.2) is 11.5 Å². The van der Waals surface area contributed by atoms with E-state index in [0.29, 0.717) is 35.6 Å². The van der Waals surface area contributed by atoms with Crippen molar-refractivity contribution in [2.24, 2.45) is 16.3 Å². The topological polar surface area (TPSA) is 74.2 Å². The van der Waals surface area contributed by atoms with Gasteiger partial charge in [0, 0.05) is 28.2 Å². The number of rotatable bonds is 6. The summed E-state index contributed by atoms with van der Waals surface area (Å²) in [7, 11) is 3.11. The van der Waals surface area contributed by atoms with Crippen LogP contribution in [0.4, 0.5) is 0 Å². The molecule has 1 heterocycles. The average Bonchev–Trinajstić information content (AvgIpc) is 2.69. The minimum Gasteiger partial charge on any atom is -0.493 e. The molecule has 2 atom stereocenters. The SMILES string of the molecule is C=CCOC(=O)C1=C(C)N=C2CC(C)(C)CC(=O)[C@H]2[C@@H]1c1cc(OC)c(OC)cc1Br. The fraction of sp³-hybridized carbons (Fsp3) is 0.458. The average molecular weight is 490 g/mol. The van der Waals surface area contributed by atoms with Crippen molar-refractivity contribution in [3.8, 4) is 11.5 Å². The molecule has 0 spiro atoms. The number of methoxy groups -OCH3 is 2. The molecule has 3 rings (SSSR count). The van der Waals surface area contributed by atoms with Crippen molar-refractivity contribution in [2.75, 3.05) is 20.8 Å². The van der Waals surface area contributed by atoms with Crippen LogP contribution < -0.4 is 9.47 Å². The van der Waals surface area contributed by atoms with Gasteiger partial charge in [0.25, 0.3) is 0 Å². The molecule has 1 aliphatic carbocycles. The number of halogens is 1. The van der Waals surface area contributed by atoms with Crippen molar-refractivity contribution in [1.82, 2.24) is 0 Å².